The molecule has 0 unspecified atom stereocenters. The summed E-state index contributed by atoms with van der Waals surface area (Å²) in [5.74, 6) is 0.601. The smallest absolute Gasteiger partial charge is 0.267 e. The summed E-state index contributed by atoms with van der Waals surface area (Å²) in [5, 5.41) is 10.9. The van der Waals surface area contributed by atoms with Crippen molar-refractivity contribution in [1.82, 2.24) is 14.5 Å². The van der Waals surface area contributed by atoms with Gasteiger partial charge in [0, 0.05) is 11.1 Å². The van der Waals surface area contributed by atoms with Gasteiger partial charge >= 0.3 is 0 Å². The maximum Gasteiger partial charge on any atom is 0.267 e. The summed E-state index contributed by atoms with van der Waals surface area (Å²) in [4.78, 5) is 25.2. The van der Waals surface area contributed by atoms with Crippen LogP contribution in [0, 0.1) is 11.3 Å². The summed E-state index contributed by atoms with van der Waals surface area (Å²) in [6.45, 7) is 0. The van der Waals surface area contributed by atoms with Crippen LogP contribution in [0.3, 0.4) is 0 Å². The highest BCUT2D eigenvalue weighted by Crippen LogP contribution is 2.37. The molecule has 31 heavy (non-hydrogen) atoms. The van der Waals surface area contributed by atoms with Gasteiger partial charge in [0.1, 0.15) is 21.7 Å². The molecule has 0 N–H and O–H groups in total. The highest BCUT2D eigenvalue weighted by Gasteiger charge is 2.24. The fourth-order valence-corrected chi connectivity index (χ4v) is 6.03. The molecule has 8 heteroatoms. The molecular weight excluding hydrogens is 428 g/mol. The highest BCUT2D eigenvalue weighted by atomic mass is 32.2. The molecule has 0 radical (unpaired) electrons. The van der Waals surface area contributed by atoms with E-state index in [2.05, 4.69) is 11.1 Å². The molecule has 0 saturated heterocycles. The molecule has 0 atom stereocenters. The van der Waals surface area contributed by atoms with E-state index in [-0.39, 0.29) is 5.56 Å². The lowest BCUT2D eigenvalue weighted by Gasteiger charge is -2.15. The number of ether oxygens (including phenoxy) is 1. The van der Waals surface area contributed by atoms with Crippen LogP contribution in [0.25, 0.3) is 15.9 Å². The van der Waals surface area contributed by atoms with Gasteiger partial charge in [0.05, 0.1) is 23.7 Å². The predicted molar refractivity (Wildman–Crippen MR) is 121 cm³/mol. The van der Waals surface area contributed by atoms with E-state index in [0.29, 0.717) is 27.2 Å². The Labute approximate surface area is 187 Å². The molecule has 0 fully saturated rings. The molecule has 0 spiro atoms. The molecule has 1 aromatic carbocycles. The van der Waals surface area contributed by atoms with Crippen LogP contribution in [0.1, 0.15) is 28.8 Å². The van der Waals surface area contributed by atoms with Gasteiger partial charge in [-0.25, -0.2) is 9.97 Å². The monoisotopic (exact) mass is 446 g/mol. The third kappa shape index (κ3) is 3.50. The third-order valence-corrected chi connectivity index (χ3v) is 7.44. The van der Waals surface area contributed by atoms with E-state index in [4.69, 9.17) is 15.0 Å². The Bertz CT molecular complexity index is 1380. The minimum atomic E-state index is -0.0787. The number of nitriles is 1. The molecule has 0 bridgehead atoms. The largest absolute Gasteiger partial charge is 0.495 e. The van der Waals surface area contributed by atoms with E-state index in [0.717, 1.165) is 41.5 Å². The third-order valence-electron chi connectivity index (χ3n) is 5.35. The van der Waals surface area contributed by atoms with Crippen LogP contribution < -0.4 is 10.3 Å². The van der Waals surface area contributed by atoms with Crippen LogP contribution >= 0.6 is 23.1 Å². The van der Waals surface area contributed by atoms with Crippen LogP contribution in [0.2, 0.25) is 0 Å². The number of methoxy groups -OCH3 is 1. The first-order valence-electron chi connectivity index (χ1n) is 9.94. The molecule has 3 aromatic heterocycles. The fraction of sp³-hybridized carbons (Fsp3) is 0.217. The van der Waals surface area contributed by atoms with Crippen molar-refractivity contribution < 1.29 is 4.74 Å². The van der Waals surface area contributed by atoms with Crippen molar-refractivity contribution >= 4 is 33.3 Å². The average molecular weight is 447 g/mol. The summed E-state index contributed by atoms with van der Waals surface area (Å²) in [7, 11) is 1.59. The van der Waals surface area contributed by atoms with Crippen molar-refractivity contribution in [2.24, 2.45) is 0 Å². The van der Waals surface area contributed by atoms with E-state index in [1.807, 2.05) is 24.3 Å². The number of rotatable bonds is 4. The molecule has 0 amide bonds. The number of hydrogen-bond acceptors (Lipinski definition) is 7. The molecule has 0 saturated carbocycles. The first-order chi connectivity index (χ1) is 15.2. The first kappa shape index (κ1) is 19.8. The standard InChI is InChI=1S/C23H18N4O2S2/c1-29-17-8-4-3-7-16(17)27-22(28)20-15-6-2-5-9-18(15)30-21(20)26-23(27)31-19-11-10-14(12-24)13-25-19/h3-4,7-8,10-11,13H,2,5-6,9H2,1H3. The molecule has 3 heterocycles. The minimum absolute atomic E-state index is 0.0787. The van der Waals surface area contributed by atoms with E-state index in [1.54, 1.807) is 35.1 Å². The van der Waals surface area contributed by atoms with Gasteiger partial charge in [0.2, 0.25) is 0 Å². The lowest BCUT2D eigenvalue weighted by atomic mass is 9.97. The Balaban J connectivity index is 1.76. The number of benzene rings is 1. The molecule has 1 aliphatic rings. The zero-order valence-corrected chi connectivity index (χ0v) is 18.4. The van der Waals surface area contributed by atoms with Crippen molar-refractivity contribution in [2.75, 3.05) is 7.11 Å². The van der Waals surface area contributed by atoms with Crippen LogP contribution in [-0.4, -0.2) is 21.6 Å². The van der Waals surface area contributed by atoms with Crippen molar-refractivity contribution in [3.05, 3.63) is 69.0 Å². The average Bonchev–Trinajstić information content (AvgIpc) is 3.18. The van der Waals surface area contributed by atoms with Gasteiger partial charge in [-0.2, -0.15) is 5.26 Å². The number of aryl methyl sites for hydroxylation is 2. The van der Waals surface area contributed by atoms with Crippen molar-refractivity contribution in [3.8, 4) is 17.5 Å². The maximum atomic E-state index is 13.8. The van der Waals surface area contributed by atoms with Gasteiger partial charge in [-0.1, -0.05) is 12.1 Å². The van der Waals surface area contributed by atoms with Gasteiger partial charge in [0.15, 0.2) is 5.16 Å². The van der Waals surface area contributed by atoms with Gasteiger partial charge in [-0.05, 0) is 67.3 Å². The van der Waals surface area contributed by atoms with Crippen molar-refractivity contribution in [1.29, 1.82) is 5.26 Å². The summed E-state index contributed by atoms with van der Waals surface area (Å²) >= 11 is 2.93. The number of thiophene rings is 1. The number of pyridine rings is 1. The normalized spacial score (nSPS) is 13.0. The van der Waals surface area contributed by atoms with Crippen LogP contribution in [0.15, 0.2) is 57.6 Å². The lowest BCUT2D eigenvalue weighted by Crippen LogP contribution is -2.22. The zero-order valence-electron chi connectivity index (χ0n) is 16.8. The maximum absolute atomic E-state index is 13.8. The number of nitrogens with zero attached hydrogens (tertiary/aromatic N) is 4. The second-order valence-electron chi connectivity index (χ2n) is 7.20. The lowest BCUT2D eigenvalue weighted by molar-refractivity contribution is 0.411. The first-order valence-corrected chi connectivity index (χ1v) is 11.6. The number of aromatic nitrogens is 3. The van der Waals surface area contributed by atoms with Gasteiger partial charge in [0.25, 0.3) is 5.56 Å². The highest BCUT2D eigenvalue weighted by molar-refractivity contribution is 7.99. The Morgan fingerprint density at radius 3 is 2.81 bits per heavy atom. The Morgan fingerprint density at radius 2 is 2.03 bits per heavy atom. The van der Waals surface area contributed by atoms with E-state index >= 15 is 0 Å². The van der Waals surface area contributed by atoms with Crippen molar-refractivity contribution in [2.45, 2.75) is 35.9 Å². The second kappa shape index (κ2) is 8.17. The van der Waals surface area contributed by atoms with Crippen LogP contribution in [0.5, 0.6) is 5.75 Å². The number of hydrogen-bond donors (Lipinski definition) is 0. The quantitative estimate of drug-likeness (QED) is 0.421. The summed E-state index contributed by atoms with van der Waals surface area (Å²) in [5.41, 5.74) is 2.21. The summed E-state index contributed by atoms with van der Waals surface area (Å²) in [6.07, 6.45) is 5.69. The molecular formula is C23H18N4O2S2. The van der Waals surface area contributed by atoms with Gasteiger partial charge < -0.3 is 4.74 Å². The second-order valence-corrected chi connectivity index (χ2v) is 9.27. The molecule has 5 rings (SSSR count). The van der Waals surface area contributed by atoms with Crippen LogP contribution in [-0.2, 0) is 12.8 Å². The Morgan fingerprint density at radius 1 is 1.19 bits per heavy atom. The van der Waals surface area contributed by atoms with Crippen LogP contribution in [0.4, 0.5) is 0 Å². The van der Waals surface area contributed by atoms with E-state index in [9.17, 15) is 4.79 Å². The summed E-state index contributed by atoms with van der Waals surface area (Å²) in [6, 6.07) is 13.0. The van der Waals surface area contributed by atoms with Gasteiger partial charge in [-0.15, -0.1) is 11.3 Å². The topological polar surface area (TPSA) is 80.8 Å². The zero-order chi connectivity index (χ0) is 21.4. The minimum Gasteiger partial charge on any atom is -0.495 e. The molecule has 154 valence electrons. The summed E-state index contributed by atoms with van der Waals surface area (Å²) < 4.78 is 7.18. The van der Waals surface area contributed by atoms with E-state index in [1.165, 1.54) is 22.8 Å². The number of fused-ring (bicyclic) bond motifs is 3. The molecule has 1 aliphatic carbocycles. The fourth-order valence-electron chi connectivity index (χ4n) is 3.88. The van der Waals surface area contributed by atoms with Gasteiger partial charge in [-0.3, -0.25) is 9.36 Å². The molecule has 0 aliphatic heterocycles. The molecule has 6 nitrogen and oxygen atoms in total. The van der Waals surface area contributed by atoms with Crippen molar-refractivity contribution in [3.63, 3.8) is 0 Å². The van der Waals surface area contributed by atoms with E-state index < -0.39 is 0 Å². The Hall–Kier alpha value is -3.15. The number of para-hydroxylation sites is 2. The SMILES string of the molecule is COc1ccccc1-n1c(Sc2ccc(C#N)cn2)nc2sc3c(c2c1=O)CCCC3. The Kier molecular flexibility index (Phi) is 5.22. The molecule has 4 aromatic rings. The predicted octanol–water partition coefficient (Wildman–Crippen LogP) is 4.75.